The minimum absolute atomic E-state index is 0.112. The first-order chi connectivity index (χ1) is 10.0. The summed E-state index contributed by atoms with van der Waals surface area (Å²) in [5.41, 5.74) is 8.08. The summed E-state index contributed by atoms with van der Waals surface area (Å²) in [6.07, 6.45) is 1.04. The monoisotopic (exact) mass is 285 g/mol. The SMILES string of the molecule is Cc1cc(C(=O)N2CCC(N(C)C)C2)ccc1C#CCN. The van der Waals surface area contributed by atoms with Crippen molar-refractivity contribution in [2.75, 3.05) is 33.7 Å². The number of likely N-dealkylation sites (N-methyl/N-ethyl adjacent to an activating group) is 1. The van der Waals surface area contributed by atoms with E-state index in [9.17, 15) is 4.79 Å². The van der Waals surface area contributed by atoms with Crippen LogP contribution in [0.4, 0.5) is 0 Å². The molecule has 1 fully saturated rings. The number of carbonyl (C=O) groups excluding carboxylic acids is 1. The van der Waals surface area contributed by atoms with Gasteiger partial charge in [-0.2, -0.15) is 0 Å². The van der Waals surface area contributed by atoms with Gasteiger partial charge in [0.2, 0.25) is 0 Å². The number of likely N-dealkylation sites (tertiary alicyclic amines) is 1. The zero-order chi connectivity index (χ0) is 15.4. The van der Waals surface area contributed by atoms with Gasteiger partial charge in [-0.1, -0.05) is 11.8 Å². The summed E-state index contributed by atoms with van der Waals surface area (Å²) in [6, 6.07) is 6.15. The molecule has 0 bridgehead atoms. The number of hydrogen-bond donors (Lipinski definition) is 1. The third-order valence-electron chi connectivity index (χ3n) is 3.98. The molecular formula is C17H23N3O. The van der Waals surface area contributed by atoms with Crippen molar-refractivity contribution in [1.82, 2.24) is 9.80 Å². The standard InChI is InChI=1S/C17H23N3O/c1-13-11-15(7-6-14(13)5-4-9-18)17(21)20-10-8-16(12-20)19(2)3/h6-7,11,16H,8-10,12,18H2,1-3H3. The lowest BCUT2D eigenvalue weighted by atomic mass is 10.0. The maximum atomic E-state index is 12.5. The van der Waals surface area contributed by atoms with Crippen molar-refractivity contribution in [1.29, 1.82) is 0 Å². The van der Waals surface area contributed by atoms with Crippen molar-refractivity contribution in [2.24, 2.45) is 5.73 Å². The van der Waals surface area contributed by atoms with Crippen molar-refractivity contribution < 1.29 is 4.79 Å². The van der Waals surface area contributed by atoms with Gasteiger partial charge in [0, 0.05) is 30.3 Å². The maximum absolute atomic E-state index is 12.5. The summed E-state index contributed by atoms with van der Waals surface area (Å²) in [7, 11) is 4.13. The molecular weight excluding hydrogens is 262 g/mol. The minimum Gasteiger partial charge on any atom is -0.337 e. The Balaban J connectivity index is 2.12. The second-order valence-corrected chi connectivity index (χ2v) is 5.69. The second-order valence-electron chi connectivity index (χ2n) is 5.69. The molecule has 2 N–H and O–H groups in total. The van der Waals surface area contributed by atoms with Crippen molar-refractivity contribution in [3.8, 4) is 11.8 Å². The van der Waals surface area contributed by atoms with E-state index >= 15 is 0 Å². The number of amides is 1. The molecule has 0 spiro atoms. The summed E-state index contributed by atoms with van der Waals surface area (Å²) < 4.78 is 0. The van der Waals surface area contributed by atoms with E-state index in [1.54, 1.807) is 0 Å². The maximum Gasteiger partial charge on any atom is 0.253 e. The van der Waals surface area contributed by atoms with Gasteiger partial charge in [-0.15, -0.1) is 0 Å². The topological polar surface area (TPSA) is 49.6 Å². The normalized spacial score (nSPS) is 17.8. The highest BCUT2D eigenvalue weighted by molar-refractivity contribution is 5.94. The average Bonchev–Trinajstić information content (AvgIpc) is 2.95. The van der Waals surface area contributed by atoms with Crippen LogP contribution in [-0.4, -0.2) is 55.5 Å². The smallest absolute Gasteiger partial charge is 0.253 e. The van der Waals surface area contributed by atoms with Gasteiger partial charge in [0.1, 0.15) is 0 Å². The molecule has 0 aromatic heterocycles. The molecule has 1 unspecified atom stereocenters. The Morgan fingerprint density at radius 3 is 2.81 bits per heavy atom. The third kappa shape index (κ3) is 3.63. The number of carbonyl (C=O) groups is 1. The van der Waals surface area contributed by atoms with E-state index in [1.807, 2.05) is 30.0 Å². The Morgan fingerprint density at radius 2 is 2.24 bits per heavy atom. The Morgan fingerprint density at radius 1 is 1.48 bits per heavy atom. The van der Waals surface area contributed by atoms with E-state index in [-0.39, 0.29) is 5.91 Å². The van der Waals surface area contributed by atoms with Gasteiger partial charge in [0.15, 0.2) is 0 Å². The zero-order valence-electron chi connectivity index (χ0n) is 13.0. The Kier molecular flexibility index (Phi) is 5.00. The molecule has 0 aliphatic carbocycles. The van der Waals surface area contributed by atoms with Gasteiger partial charge in [-0.05, 0) is 51.2 Å². The summed E-state index contributed by atoms with van der Waals surface area (Å²) in [4.78, 5) is 16.7. The molecule has 1 heterocycles. The van der Waals surface area contributed by atoms with E-state index in [0.29, 0.717) is 12.6 Å². The van der Waals surface area contributed by atoms with Crippen molar-refractivity contribution >= 4 is 5.91 Å². The molecule has 1 amide bonds. The molecule has 112 valence electrons. The fourth-order valence-electron chi connectivity index (χ4n) is 2.61. The number of rotatable bonds is 2. The van der Waals surface area contributed by atoms with Gasteiger partial charge >= 0.3 is 0 Å². The van der Waals surface area contributed by atoms with Crippen LogP contribution in [0.25, 0.3) is 0 Å². The van der Waals surface area contributed by atoms with Crippen LogP contribution in [0.15, 0.2) is 18.2 Å². The Hall–Kier alpha value is -1.83. The molecule has 1 atom stereocenters. The highest BCUT2D eigenvalue weighted by atomic mass is 16.2. The largest absolute Gasteiger partial charge is 0.337 e. The lowest BCUT2D eigenvalue weighted by Gasteiger charge is -2.20. The first kappa shape index (κ1) is 15.6. The molecule has 1 aliphatic heterocycles. The number of nitrogens with two attached hydrogens (primary N) is 1. The predicted molar refractivity (Wildman–Crippen MR) is 85.1 cm³/mol. The van der Waals surface area contributed by atoms with Crippen LogP contribution in [0.2, 0.25) is 0 Å². The second kappa shape index (κ2) is 6.75. The lowest BCUT2D eigenvalue weighted by Crippen LogP contribution is -2.34. The number of hydrogen-bond acceptors (Lipinski definition) is 3. The van der Waals surface area contributed by atoms with Crippen molar-refractivity contribution in [3.05, 3.63) is 34.9 Å². The molecule has 1 aromatic rings. The molecule has 21 heavy (non-hydrogen) atoms. The van der Waals surface area contributed by atoms with Crippen molar-refractivity contribution in [2.45, 2.75) is 19.4 Å². The van der Waals surface area contributed by atoms with E-state index < -0.39 is 0 Å². The number of nitrogens with zero attached hydrogens (tertiary/aromatic N) is 2. The predicted octanol–water partition coefficient (Wildman–Crippen LogP) is 1.08. The van der Waals surface area contributed by atoms with E-state index in [4.69, 9.17) is 5.73 Å². The highest BCUT2D eigenvalue weighted by Gasteiger charge is 2.28. The fourth-order valence-corrected chi connectivity index (χ4v) is 2.61. The average molecular weight is 285 g/mol. The van der Waals surface area contributed by atoms with E-state index in [0.717, 1.165) is 36.2 Å². The zero-order valence-corrected chi connectivity index (χ0v) is 13.0. The van der Waals surface area contributed by atoms with Gasteiger partial charge < -0.3 is 15.5 Å². The molecule has 1 aromatic carbocycles. The number of benzene rings is 1. The molecule has 1 aliphatic rings. The van der Waals surface area contributed by atoms with Crippen LogP contribution >= 0.6 is 0 Å². The van der Waals surface area contributed by atoms with Crippen LogP contribution in [0.5, 0.6) is 0 Å². The minimum atomic E-state index is 0.112. The van der Waals surface area contributed by atoms with Crippen LogP contribution in [0.1, 0.15) is 27.9 Å². The Labute approximate surface area is 126 Å². The van der Waals surface area contributed by atoms with Gasteiger partial charge in [0.25, 0.3) is 5.91 Å². The number of aryl methyl sites for hydroxylation is 1. The first-order valence-electron chi connectivity index (χ1n) is 7.28. The molecule has 0 radical (unpaired) electrons. The summed E-state index contributed by atoms with van der Waals surface area (Å²) in [6.45, 7) is 3.96. The van der Waals surface area contributed by atoms with Crippen LogP contribution in [0.3, 0.4) is 0 Å². The van der Waals surface area contributed by atoms with Gasteiger partial charge in [-0.3, -0.25) is 4.79 Å². The summed E-state index contributed by atoms with van der Waals surface area (Å²) in [5.74, 6) is 5.98. The molecule has 2 rings (SSSR count). The van der Waals surface area contributed by atoms with E-state index in [2.05, 4.69) is 30.8 Å². The lowest BCUT2D eigenvalue weighted by molar-refractivity contribution is 0.0783. The van der Waals surface area contributed by atoms with Crippen LogP contribution in [0, 0.1) is 18.8 Å². The molecule has 1 saturated heterocycles. The first-order valence-corrected chi connectivity index (χ1v) is 7.28. The summed E-state index contributed by atoms with van der Waals surface area (Å²) >= 11 is 0. The van der Waals surface area contributed by atoms with Crippen LogP contribution in [-0.2, 0) is 0 Å². The fraction of sp³-hybridized carbons (Fsp3) is 0.471. The molecule has 4 nitrogen and oxygen atoms in total. The molecule has 4 heteroatoms. The Bertz CT molecular complexity index is 583. The highest BCUT2D eigenvalue weighted by Crippen LogP contribution is 2.18. The van der Waals surface area contributed by atoms with Crippen molar-refractivity contribution in [3.63, 3.8) is 0 Å². The summed E-state index contributed by atoms with van der Waals surface area (Å²) in [5, 5.41) is 0. The third-order valence-corrected chi connectivity index (χ3v) is 3.98. The van der Waals surface area contributed by atoms with Crippen LogP contribution < -0.4 is 5.73 Å². The van der Waals surface area contributed by atoms with Gasteiger partial charge in [0.05, 0.1) is 6.54 Å². The van der Waals surface area contributed by atoms with E-state index in [1.165, 1.54) is 0 Å². The quantitative estimate of drug-likeness (QED) is 0.827. The molecule has 0 saturated carbocycles. The van der Waals surface area contributed by atoms with Gasteiger partial charge in [-0.25, -0.2) is 0 Å².